The topological polar surface area (TPSA) is 82.2 Å². The molecule has 3 heterocycles. The fourth-order valence-corrected chi connectivity index (χ4v) is 5.28. The predicted molar refractivity (Wildman–Crippen MR) is 132 cm³/mol. The summed E-state index contributed by atoms with van der Waals surface area (Å²) >= 11 is 6.02. The Hall–Kier alpha value is -3.84. The van der Waals surface area contributed by atoms with Crippen molar-refractivity contribution >= 4 is 23.4 Å². The fraction of sp³-hybridized carbons (Fsp3) is 0.333. The number of fused-ring (bicyclic) bond motifs is 3. The molecule has 0 radical (unpaired) electrons. The van der Waals surface area contributed by atoms with E-state index >= 15 is 0 Å². The van der Waals surface area contributed by atoms with Crippen molar-refractivity contribution in [2.75, 3.05) is 6.54 Å². The minimum atomic E-state index is -4.43. The molecule has 2 aliphatic heterocycles. The summed E-state index contributed by atoms with van der Waals surface area (Å²) < 4.78 is 40.6. The van der Waals surface area contributed by atoms with E-state index in [-0.39, 0.29) is 35.0 Å². The van der Waals surface area contributed by atoms with Gasteiger partial charge in [-0.25, -0.2) is 0 Å². The number of carbonyl (C=O) groups excluding carboxylic acids is 2. The lowest BCUT2D eigenvalue weighted by Crippen LogP contribution is -2.44. The third kappa shape index (κ3) is 4.41. The number of benzene rings is 2. The van der Waals surface area contributed by atoms with Gasteiger partial charge in [-0.2, -0.15) is 23.5 Å². The Morgan fingerprint density at radius 3 is 2.55 bits per heavy atom. The van der Waals surface area contributed by atoms with E-state index in [0.29, 0.717) is 41.9 Å². The number of aromatic nitrogens is 2. The molecular weight excluding hydrogens is 519 g/mol. The highest BCUT2D eigenvalue weighted by atomic mass is 35.5. The summed E-state index contributed by atoms with van der Waals surface area (Å²) in [6, 6.07) is 10.7. The molecule has 3 aromatic rings. The Balaban J connectivity index is 1.42. The molecule has 2 amide bonds. The number of hydrogen-bond donors (Lipinski definition) is 0. The lowest BCUT2D eigenvalue weighted by Gasteiger charge is -2.35. The average Bonchev–Trinajstić information content (AvgIpc) is 3.25. The largest absolute Gasteiger partial charge is 0.416 e. The zero-order chi connectivity index (χ0) is 27.4. The maximum atomic E-state index is 13.7. The van der Waals surface area contributed by atoms with E-state index in [1.165, 1.54) is 24.3 Å². The molecule has 7 nitrogen and oxygen atoms in total. The van der Waals surface area contributed by atoms with Gasteiger partial charge in [-0.3, -0.25) is 14.3 Å². The number of nitriles is 1. The second-order valence-corrected chi connectivity index (χ2v) is 9.99. The van der Waals surface area contributed by atoms with E-state index in [9.17, 15) is 28.0 Å². The van der Waals surface area contributed by atoms with Crippen LogP contribution in [0.2, 0.25) is 5.02 Å². The Morgan fingerprint density at radius 1 is 1.18 bits per heavy atom. The molecular formula is C27H23ClF3N5O2. The van der Waals surface area contributed by atoms with Crippen LogP contribution in [-0.4, -0.2) is 44.0 Å². The second kappa shape index (κ2) is 9.48. The molecule has 0 fully saturated rings. The molecule has 0 aliphatic carbocycles. The Kier molecular flexibility index (Phi) is 6.43. The van der Waals surface area contributed by atoms with E-state index in [2.05, 4.69) is 5.10 Å². The van der Waals surface area contributed by atoms with Gasteiger partial charge < -0.3 is 9.80 Å². The second-order valence-electron chi connectivity index (χ2n) is 9.58. The molecule has 2 aromatic carbocycles. The molecule has 196 valence electrons. The summed E-state index contributed by atoms with van der Waals surface area (Å²) in [6.45, 7) is 4.65. The van der Waals surface area contributed by atoms with Crippen LogP contribution < -0.4 is 0 Å². The van der Waals surface area contributed by atoms with Crippen LogP contribution in [0.4, 0.5) is 13.2 Å². The van der Waals surface area contributed by atoms with E-state index in [4.69, 9.17) is 11.6 Å². The summed E-state index contributed by atoms with van der Waals surface area (Å²) in [6.07, 6.45) is -3.97. The average molecular weight is 542 g/mol. The molecule has 5 rings (SSSR count). The third-order valence-corrected chi connectivity index (χ3v) is 7.61. The molecule has 0 unspecified atom stereocenters. The minimum Gasteiger partial charge on any atom is -0.331 e. The van der Waals surface area contributed by atoms with Crippen LogP contribution in [0.15, 0.2) is 42.5 Å². The summed E-state index contributed by atoms with van der Waals surface area (Å²) in [5.74, 6) is -0.563. The first-order valence-electron chi connectivity index (χ1n) is 12.1. The monoisotopic (exact) mass is 541 g/mol. The first-order chi connectivity index (χ1) is 18.0. The number of amides is 2. The standard InChI is InChI=1S/C27H23ClF3N5O2/c1-15-11-23-21(14-35(15)25(37)18-5-8-22(28)19(12-18)13-32)24-26(38)34(9-10-36(24)33-23)16(2)17-3-6-20(7-4-17)27(29,30)31/h3-8,12,15-16H,9-11,14H2,1-2H3/t15-,16-/m1/s1. The SMILES string of the molecule is C[C@@H]1Cc2nn3c(c2CN1C(=O)c1ccc(Cl)c(C#N)c1)C(=O)N([C@H](C)c1ccc(C(F)(F)F)cc1)CC3. The molecule has 0 bridgehead atoms. The number of nitrogens with zero attached hydrogens (tertiary/aromatic N) is 5. The van der Waals surface area contributed by atoms with Crippen molar-refractivity contribution in [3.8, 4) is 6.07 Å². The molecule has 2 aliphatic rings. The highest BCUT2D eigenvalue weighted by Crippen LogP contribution is 2.34. The van der Waals surface area contributed by atoms with Crippen LogP contribution in [0.3, 0.4) is 0 Å². The van der Waals surface area contributed by atoms with Gasteiger partial charge >= 0.3 is 6.18 Å². The van der Waals surface area contributed by atoms with Crippen molar-refractivity contribution in [1.82, 2.24) is 19.6 Å². The number of alkyl halides is 3. The fourth-order valence-electron chi connectivity index (χ4n) is 5.12. The van der Waals surface area contributed by atoms with Crippen molar-refractivity contribution in [1.29, 1.82) is 5.26 Å². The molecule has 0 saturated heterocycles. The van der Waals surface area contributed by atoms with E-state index in [1.807, 2.05) is 13.0 Å². The highest BCUT2D eigenvalue weighted by molar-refractivity contribution is 6.31. The van der Waals surface area contributed by atoms with Crippen LogP contribution in [0.1, 0.15) is 68.7 Å². The summed E-state index contributed by atoms with van der Waals surface area (Å²) in [5, 5.41) is 14.2. The molecule has 38 heavy (non-hydrogen) atoms. The maximum Gasteiger partial charge on any atom is 0.416 e. The molecule has 0 spiro atoms. The van der Waals surface area contributed by atoms with Gasteiger partial charge in [0.1, 0.15) is 11.8 Å². The van der Waals surface area contributed by atoms with Gasteiger partial charge in [0.05, 0.1) is 41.0 Å². The minimum absolute atomic E-state index is 0.170. The summed E-state index contributed by atoms with van der Waals surface area (Å²) in [5.41, 5.74) is 2.19. The number of carbonyl (C=O) groups is 2. The lowest BCUT2D eigenvalue weighted by atomic mass is 9.96. The van der Waals surface area contributed by atoms with Gasteiger partial charge in [-0.1, -0.05) is 23.7 Å². The van der Waals surface area contributed by atoms with Crippen molar-refractivity contribution in [3.63, 3.8) is 0 Å². The third-order valence-electron chi connectivity index (χ3n) is 7.28. The van der Waals surface area contributed by atoms with E-state index in [0.717, 1.165) is 17.8 Å². The molecule has 2 atom stereocenters. The maximum absolute atomic E-state index is 13.7. The normalized spacial score (nSPS) is 18.0. The number of halogens is 4. The quantitative estimate of drug-likeness (QED) is 0.454. The number of hydrogen-bond acceptors (Lipinski definition) is 4. The lowest BCUT2D eigenvalue weighted by molar-refractivity contribution is -0.137. The summed E-state index contributed by atoms with van der Waals surface area (Å²) in [4.78, 5) is 30.3. The first kappa shape index (κ1) is 25.8. The smallest absolute Gasteiger partial charge is 0.331 e. The van der Waals surface area contributed by atoms with Gasteiger partial charge in [0.25, 0.3) is 11.8 Å². The summed E-state index contributed by atoms with van der Waals surface area (Å²) in [7, 11) is 0. The Morgan fingerprint density at radius 2 is 1.89 bits per heavy atom. The van der Waals surface area contributed by atoms with Gasteiger partial charge in [-0.05, 0) is 49.7 Å². The van der Waals surface area contributed by atoms with Gasteiger partial charge in [-0.15, -0.1) is 0 Å². The van der Waals surface area contributed by atoms with Crippen LogP contribution in [0.25, 0.3) is 0 Å². The zero-order valence-electron chi connectivity index (χ0n) is 20.6. The van der Waals surface area contributed by atoms with Crippen molar-refractivity contribution in [2.45, 2.75) is 51.6 Å². The Bertz CT molecular complexity index is 1480. The molecule has 1 aromatic heterocycles. The first-order valence-corrected chi connectivity index (χ1v) is 12.4. The van der Waals surface area contributed by atoms with Crippen LogP contribution >= 0.6 is 11.6 Å². The van der Waals surface area contributed by atoms with Crippen molar-refractivity contribution in [2.24, 2.45) is 0 Å². The van der Waals surface area contributed by atoms with Crippen LogP contribution in [0, 0.1) is 11.3 Å². The molecule has 11 heteroatoms. The van der Waals surface area contributed by atoms with Crippen molar-refractivity contribution in [3.05, 3.63) is 86.7 Å². The molecule has 0 N–H and O–H groups in total. The van der Waals surface area contributed by atoms with E-state index in [1.54, 1.807) is 27.5 Å². The predicted octanol–water partition coefficient (Wildman–Crippen LogP) is 5.23. The zero-order valence-corrected chi connectivity index (χ0v) is 21.3. The molecule has 0 saturated carbocycles. The van der Waals surface area contributed by atoms with Crippen molar-refractivity contribution < 1.29 is 22.8 Å². The van der Waals surface area contributed by atoms with Gasteiger partial charge in [0.15, 0.2) is 0 Å². The highest BCUT2D eigenvalue weighted by Gasteiger charge is 2.39. The van der Waals surface area contributed by atoms with Gasteiger partial charge in [0.2, 0.25) is 0 Å². The Labute approximate surface area is 222 Å². The van der Waals surface area contributed by atoms with E-state index < -0.39 is 17.8 Å². The van der Waals surface area contributed by atoms with Crippen LogP contribution in [-0.2, 0) is 25.7 Å². The van der Waals surface area contributed by atoms with Gasteiger partial charge in [0, 0.05) is 30.1 Å². The number of rotatable bonds is 3. The van der Waals surface area contributed by atoms with Crippen LogP contribution in [0.5, 0.6) is 0 Å².